The van der Waals surface area contributed by atoms with Gasteiger partial charge in [-0.15, -0.1) is 0 Å². The second-order valence-corrected chi connectivity index (χ2v) is 5.89. The summed E-state index contributed by atoms with van der Waals surface area (Å²) in [5.74, 6) is 0. The lowest BCUT2D eigenvalue weighted by Crippen LogP contribution is -1.83. The first-order valence-corrected chi connectivity index (χ1v) is 8.01. The molecule has 0 spiro atoms. The fourth-order valence-corrected chi connectivity index (χ4v) is 2.36. The number of hydrogen-bond donors (Lipinski definition) is 0. The van der Waals surface area contributed by atoms with E-state index in [2.05, 4.69) is 84.7 Å². The van der Waals surface area contributed by atoms with E-state index in [1.54, 1.807) is 12.4 Å². The van der Waals surface area contributed by atoms with Gasteiger partial charge >= 0.3 is 0 Å². The summed E-state index contributed by atoms with van der Waals surface area (Å²) in [5.41, 5.74) is 7.02. The van der Waals surface area contributed by atoms with E-state index in [4.69, 9.17) is 0 Å². The molecule has 2 heteroatoms. The third-order valence-electron chi connectivity index (χ3n) is 3.85. The quantitative estimate of drug-likeness (QED) is 0.454. The van der Waals surface area contributed by atoms with Crippen LogP contribution in [0.15, 0.2) is 83.0 Å². The van der Waals surface area contributed by atoms with E-state index in [0.29, 0.717) is 0 Å². The molecule has 0 heterocycles. The van der Waals surface area contributed by atoms with Crippen LogP contribution in [0.1, 0.15) is 22.3 Å². The third-order valence-corrected chi connectivity index (χ3v) is 3.85. The molecular weight excluding hydrogens is 292 g/mol. The molecule has 0 saturated heterocycles. The van der Waals surface area contributed by atoms with Crippen LogP contribution in [0.2, 0.25) is 0 Å². The Morgan fingerprint density at radius 2 is 0.833 bits per heavy atom. The lowest BCUT2D eigenvalue weighted by molar-refractivity contribution is 1.26. The molecule has 0 N–H and O–H groups in total. The maximum absolute atomic E-state index is 4.12. The first-order valence-electron chi connectivity index (χ1n) is 8.01. The van der Waals surface area contributed by atoms with E-state index < -0.39 is 0 Å². The molecule has 0 unspecified atom stereocenters. The van der Waals surface area contributed by atoms with Crippen LogP contribution in [0.25, 0.3) is 11.1 Å². The highest BCUT2D eigenvalue weighted by Crippen LogP contribution is 2.19. The first kappa shape index (κ1) is 15.9. The predicted octanol–water partition coefficient (Wildman–Crippen LogP) is 5.42. The average Bonchev–Trinajstić information content (AvgIpc) is 2.62. The summed E-state index contributed by atoms with van der Waals surface area (Å²) in [6.07, 6.45) is 3.53. The Morgan fingerprint density at radius 1 is 0.500 bits per heavy atom. The minimum Gasteiger partial charge on any atom is -0.159 e. The summed E-state index contributed by atoms with van der Waals surface area (Å²) in [6, 6.07) is 25.1. The van der Waals surface area contributed by atoms with Crippen LogP contribution < -0.4 is 0 Å². The summed E-state index contributed by atoms with van der Waals surface area (Å²) in [6.45, 7) is 4.17. The van der Waals surface area contributed by atoms with Crippen molar-refractivity contribution in [3.63, 3.8) is 0 Å². The van der Waals surface area contributed by atoms with E-state index >= 15 is 0 Å². The van der Waals surface area contributed by atoms with E-state index in [1.165, 1.54) is 22.3 Å². The standard InChI is InChI=1S/C22H20N2/c1-17-3-7-19(8-4-17)15-23-24-16-20-9-13-22(14-10-20)21-11-5-18(2)6-12-21/h3-16H,1-2H3/b23-15-,24-16-. The van der Waals surface area contributed by atoms with E-state index in [0.717, 1.165) is 11.1 Å². The third kappa shape index (κ3) is 4.26. The van der Waals surface area contributed by atoms with Crippen LogP contribution in [0.5, 0.6) is 0 Å². The van der Waals surface area contributed by atoms with Gasteiger partial charge in [0.2, 0.25) is 0 Å². The minimum atomic E-state index is 1.03. The molecule has 118 valence electrons. The van der Waals surface area contributed by atoms with Crippen molar-refractivity contribution in [2.45, 2.75) is 13.8 Å². The van der Waals surface area contributed by atoms with E-state index in [9.17, 15) is 0 Å². The Hall–Kier alpha value is -3.00. The summed E-state index contributed by atoms with van der Waals surface area (Å²) in [7, 11) is 0. The van der Waals surface area contributed by atoms with Gasteiger partial charge in [-0.1, -0.05) is 83.9 Å². The Kier molecular flexibility index (Phi) is 4.97. The van der Waals surface area contributed by atoms with Gasteiger partial charge in [-0.05, 0) is 36.1 Å². The van der Waals surface area contributed by atoms with Crippen molar-refractivity contribution in [3.05, 3.63) is 95.1 Å². The van der Waals surface area contributed by atoms with Gasteiger partial charge in [-0.3, -0.25) is 0 Å². The molecule has 0 aliphatic carbocycles. The molecule has 0 bridgehead atoms. The molecule has 2 nitrogen and oxygen atoms in total. The zero-order valence-corrected chi connectivity index (χ0v) is 14.0. The van der Waals surface area contributed by atoms with Crippen molar-refractivity contribution in [3.8, 4) is 11.1 Å². The monoisotopic (exact) mass is 312 g/mol. The Balaban J connectivity index is 1.65. The average molecular weight is 312 g/mol. The van der Waals surface area contributed by atoms with Crippen molar-refractivity contribution >= 4 is 12.4 Å². The van der Waals surface area contributed by atoms with Gasteiger partial charge in [0.25, 0.3) is 0 Å². The Morgan fingerprint density at radius 3 is 1.29 bits per heavy atom. The number of hydrogen-bond acceptors (Lipinski definition) is 2. The molecule has 0 aliphatic heterocycles. The fourth-order valence-electron chi connectivity index (χ4n) is 2.36. The molecule has 0 radical (unpaired) electrons. The van der Waals surface area contributed by atoms with Gasteiger partial charge in [0, 0.05) is 0 Å². The first-order chi connectivity index (χ1) is 11.7. The van der Waals surface area contributed by atoms with Gasteiger partial charge in [0.1, 0.15) is 0 Å². The minimum absolute atomic E-state index is 1.03. The fraction of sp³-hybridized carbons (Fsp3) is 0.0909. The topological polar surface area (TPSA) is 24.7 Å². The summed E-state index contributed by atoms with van der Waals surface area (Å²) in [5, 5.41) is 8.22. The lowest BCUT2D eigenvalue weighted by atomic mass is 10.0. The Bertz CT molecular complexity index is 840. The lowest BCUT2D eigenvalue weighted by Gasteiger charge is -2.02. The van der Waals surface area contributed by atoms with Crippen molar-refractivity contribution in [2.75, 3.05) is 0 Å². The molecule has 3 rings (SSSR count). The summed E-state index contributed by atoms with van der Waals surface area (Å²) >= 11 is 0. The van der Waals surface area contributed by atoms with Gasteiger partial charge in [0.05, 0.1) is 12.4 Å². The maximum Gasteiger partial charge on any atom is 0.0568 e. The number of nitrogens with zero attached hydrogens (tertiary/aromatic N) is 2. The van der Waals surface area contributed by atoms with Crippen LogP contribution in [0, 0.1) is 13.8 Å². The SMILES string of the molecule is Cc1ccc(/C=N\N=C/c2ccc(-c3ccc(C)cc3)cc2)cc1. The molecule has 0 saturated carbocycles. The summed E-state index contributed by atoms with van der Waals surface area (Å²) in [4.78, 5) is 0. The molecule has 0 fully saturated rings. The van der Waals surface area contributed by atoms with Gasteiger partial charge in [-0.2, -0.15) is 10.2 Å². The number of rotatable bonds is 4. The van der Waals surface area contributed by atoms with Crippen molar-refractivity contribution < 1.29 is 0 Å². The predicted molar refractivity (Wildman–Crippen MR) is 103 cm³/mol. The zero-order chi connectivity index (χ0) is 16.8. The summed E-state index contributed by atoms with van der Waals surface area (Å²) < 4.78 is 0. The molecule has 0 amide bonds. The number of aryl methyl sites for hydroxylation is 2. The number of benzene rings is 3. The van der Waals surface area contributed by atoms with Crippen LogP contribution in [0.3, 0.4) is 0 Å². The van der Waals surface area contributed by atoms with Gasteiger partial charge in [0.15, 0.2) is 0 Å². The highest BCUT2D eigenvalue weighted by atomic mass is 15.2. The van der Waals surface area contributed by atoms with E-state index in [-0.39, 0.29) is 0 Å². The second kappa shape index (κ2) is 7.51. The van der Waals surface area contributed by atoms with Crippen molar-refractivity contribution in [1.29, 1.82) is 0 Å². The van der Waals surface area contributed by atoms with Crippen LogP contribution in [-0.2, 0) is 0 Å². The van der Waals surface area contributed by atoms with E-state index in [1.807, 2.05) is 12.1 Å². The molecule has 24 heavy (non-hydrogen) atoms. The molecule has 0 atom stereocenters. The van der Waals surface area contributed by atoms with Crippen LogP contribution in [0.4, 0.5) is 0 Å². The zero-order valence-electron chi connectivity index (χ0n) is 14.0. The van der Waals surface area contributed by atoms with Crippen molar-refractivity contribution in [1.82, 2.24) is 0 Å². The maximum atomic E-state index is 4.12. The molecule has 3 aromatic rings. The smallest absolute Gasteiger partial charge is 0.0568 e. The van der Waals surface area contributed by atoms with Gasteiger partial charge in [-0.25, -0.2) is 0 Å². The Labute approximate surface area is 143 Å². The van der Waals surface area contributed by atoms with Crippen LogP contribution >= 0.6 is 0 Å². The molecular formula is C22H20N2. The van der Waals surface area contributed by atoms with Gasteiger partial charge < -0.3 is 0 Å². The molecule has 0 aliphatic rings. The largest absolute Gasteiger partial charge is 0.159 e. The molecule has 3 aromatic carbocycles. The highest BCUT2D eigenvalue weighted by Gasteiger charge is 1.97. The molecule has 0 aromatic heterocycles. The van der Waals surface area contributed by atoms with Crippen LogP contribution in [-0.4, -0.2) is 12.4 Å². The normalized spacial score (nSPS) is 11.4. The highest BCUT2D eigenvalue weighted by molar-refractivity contribution is 5.83. The van der Waals surface area contributed by atoms with Crippen molar-refractivity contribution in [2.24, 2.45) is 10.2 Å². The second-order valence-electron chi connectivity index (χ2n) is 5.89.